The summed E-state index contributed by atoms with van der Waals surface area (Å²) in [4.78, 5) is 0.314. The highest BCUT2D eigenvalue weighted by atomic mass is 32.2. The fraction of sp³-hybridized carbons (Fsp3) is 0.571. The molecule has 1 aromatic carbocycles. The first-order chi connectivity index (χ1) is 9.62. The van der Waals surface area contributed by atoms with E-state index in [9.17, 15) is 8.42 Å². The lowest BCUT2D eigenvalue weighted by Crippen LogP contribution is -2.48. The average Bonchev–Trinajstić information content (AvgIpc) is 2.47. The topological polar surface area (TPSA) is 67.4 Å². The maximum atomic E-state index is 12.2. The van der Waals surface area contributed by atoms with Crippen LogP contribution in [-0.2, 0) is 21.2 Å². The molecular weight excluding hydrogens is 276 g/mol. The summed E-state index contributed by atoms with van der Waals surface area (Å²) in [6.45, 7) is 4.43. The van der Waals surface area contributed by atoms with Gasteiger partial charge in [-0.1, -0.05) is 25.5 Å². The van der Waals surface area contributed by atoms with Crippen LogP contribution in [0.2, 0.25) is 0 Å². The molecule has 20 heavy (non-hydrogen) atoms. The number of rotatable bonds is 6. The van der Waals surface area contributed by atoms with E-state index in [4.69, 9.17) is 4.74 Å². The molecular formula is C14H22N2O3S. The third-order valence-corrected chi connectivity index (χ3v) is 4.73. The summed E-state index contributed by atoms with van der Waals surface area (Å²) in [5.74, 6) is 0. The van der Waals surface area contributed by atoms with Crippen molar-refractivity contribution in [1.29, 1.82) is 0 Å². The van der Waals surface area contributed by atoms with Gasteiger partial charge in [-0.15, -0.1) is 0 Å². The van der Waals surface area contributed by atoms with E-state index < -0.39 is 10.0 Å². The Kier molecular flexibility index (Phi) is 5.54. The fourth-order valence-corrected chi connectivity index (χ4v) is 3.25. The van der Waals surface area contributed by atoms with Crippen molar-refractivity contribution in [3.05, 3.63) is 29.8 Å². The highest BCUT2D eigenvalue weighted by molar-refractivity contribution is 7.89. The molecule has 2 N–H and O–H groups in total. The van der Waals surface area contributed by atoms with E-state index in [1.54, 1.807) is 12.1 Å². The number of hydrogen-bond donors (Lipinski definition) is 2. The van der Waals surface area contributed by atoms with Gasteiger partial charge in [-0.05, 0) is 24.1 Å². The molecule has 0 aromatic heterocycles. The first kappa shape index (κ1) is 15.4. The monoisotopic (exact) mass is 298 g/mol. The lowest BCUT2D eigenvalue weighted by Gasteiger charge is -2.23. The average molecular weight is 298 g/mol. The largest absolute Gasteiger partial charge is 0.378 e. The van der Waals surface area contributed by atoms with Gasteiger partial charge in [-0.3, -0.25) is 0 Å². The van der Waals surface area contributed by atoms with Crippen LogP contribution in [0.1, 0.15) is 18.9 Å². The summed E-state index contributed by atoms with van der Waals surface area (Å²) in [5, 5.41) is 3.22. The smallest absolute Gasteiger partial charge is 0.240 e. The molecule has 1 saturated heterocycles. The Morgan fingerprint density at radius 2 is 2.10 bits per heavy atom. The summed E-state index contributed by atoms with van der Waals surface area (Å²) < 4.78 is 32.3. The van der Waals surface area contributed by atoms with Gasteiger partial charge in [0.05, 0.1) is 18.1 Å². The van der Waals surface area contributed by atoms with Gasteiger partial charge in [0.2, 0.25) is 10.0 Å². The van der Waals surface area contributed by atoms with Gasteiger partial charge in [0.25, 0.3) is 0 Å². The van der Waals surface area contributed by atoms with Crippen LogP contribution >= 0.6 is 0 Å². The second-order valence-corrected chi connectivity index (χ2v) is 6.74. The Labute approximate surface area is 120 Å². The van der Waals surface area contributed by atoms with Gasteiger partial charge >= 0.3 is 0 Å². The molecule has 1 aliphatic heterocycles. The second-order valence-electron chi connectivity index (χ2n) is 4.97. The molecule has 112 valence electrons. The maximum absolute atomic E-state index is 12.2. The number of nitrogens with one attached hydrogen (secondary N) is 2. The minimum Gasteiger partial charge on any atom is -0.378 e. The van der Waals surface area contributed by atoms with E-state index in [1.807, 2.05) is 12.1 Å². The molecule has 0 saturated carbocycles. The Balaban J connectivity index is 1.94. The molecule has 0 aliphatic carbocycles. The number of ether oxygens (including phenoxy) is 1. The van der Waals surface area contributed by atoms with Crippen LogP contribution in [0.4, 0.5) is 0 Å². The zero-order valence-corrected chi connectivity index (χ0v) is 12.6. The molecule has 1 fully saturated rings. The molecule has 1 atom stereocenters. The fourth-order valence-electron chi connectivity index (χ4n) is 2.17. The minimum absolute atomic E-state index is 0.0397. The molecule has 1 aromatic rings. The third-order valence-electron chi connectivity index (χ3n) is 3.29. The first-order valence-electron chi connectivity index (χ1n) is 7.01. The standard InChI is InChI=1S/C14H22N2O3S/c1-2-3-12-4-6-14(7-5-12)20(17,18)16-10-13-11-19-9-8-15-13/h4-7,13,15-16H,2-3,8-11H2,1H3. The van der Waals surface area contributed by atoms with Crippen molar-refractivity contribution >= 4 is 10.0 Å². The van der Waals surface area contributed by atoms with Crippen molar-refractivity contribution < 1.29 is 13.2 Å². The van der Waals surface area contributed by atoms with Gasteiger partial charge in [-0.25, -0.2) is 13.1 Å². The van der Waals surface area contributed by atoms with E-state index in [1.165, 1.54) is 0 Å². The molecule has 2 rings (SSSR count). The summed E-state index contributed by atoms with van der Waals surface area (Å²) in [6, 6.07) is 7.12. The van der Waals surface area contributed by atoms with Crippen LogP contribution in [-0.4, -0.2) is 40.8 Å². The first-order valence-corrected chi connectivity index (χ1v) is 8.50. The van der Waals surface area contributed by atoms with Crippen LogP contribution in [0.25, 0.3) is 0 Å². The van der Waals surface area contributed by atoms with Crippen LogP contribution in [0, 0.1) is 0 Å². The van der Waals surface area contributed by atoms with E-state index in [0.717, 1.165) is 24.9 Å². The van der Waals surface area contributed by atoms with Crippen molar-refractivity contribution in [2.75, 3.05) is 26.3 Å². The van der Waals surface area contributed by atoms with E-state index >= 15 is 0 Å². The van der Waals surface area contributed by atoms with Gasteiger partial charge in [0, 0.05) is 19.1 Å². The second kappa shape index (κ2) is 7.17. The number of hydrogen-bond acceptors (Lipinski definition) is 4. The van der Waals surface area contributed by atoms with Crippen LogP contribution in [0.15, 0.2) is 29.2 Å². The SMILES string of the molecule is CCCc1ccc(S(=O)(=O)NCC2COCCN2)cc1. The zero-order chi connectivity index (χ0) is 14.4. The van der Waals surface area contributed by atoms with Gasteiger partial charge in [-0.2, -0.15) is 0 Å². The van der Waals surface area contributed by atoms with Crippen LogP contribution in [0.5, 0.6) is 0 Å². The molecule has 1 unspecified atom stereocenters. The highest BCUT2D eigenvalue weighted by Gasteiger charge is 2.18. The Morgan fingerprint density at radius 1 is 1.35 bits per heavy atom. The van der Waals surface area contributed by atoms with Gasteiger partial charge in [0.1, 0.15) is 0 Å². The highest BCUT2D eigenvalue weighted by Crippen LogP contribution is 2.11. The Bertz CT molecular complexity index is 508. The van der Waals surface area contributed by atoms with Crippen molar-refractivity contribution in [3.63, 3.8) is 0 Å². The number of benzene rings is 1. The normalized spacial score (nSPS) is 19.9. The van der Waals surface area contributed by atoms with Crippen molar-refractivity contribution in [3.8, 4) is 0 Å². The predicted octanol–water partition coefficient (Wildman–Crippen LogP) is 0.906. The molecule has 0 spiro atoms. The summed E-state index contributed by atoms with van der Waals surface area (Å²) >= 11 is 0. The Morgan fingerprint density at radius 3 is 2.70 bits per heavy atom. The lowest BCUT2D eigenvalue weighted by atomic mass is 10.1. The van der Waals surface area contributed by atoms with Gasteiger partial charge in [0.15, 0.2) is 0 Å². The lowest BCUT2D eigenvalue weighted by molar-refractivity contribution is 0.0784. The van der Waals surface area contributed by atoms with Crippen LogP contribution < -0.4 is 10.0 Å². The molecule has 6 heteroatoms. The summed E-state index contributed by atoms with van der Waals surface area (Å²) in [5.41, 5.74) is 1.16. The quantitative estimate of drug-likeness (QED) is 0.819. The molecule has 1 heterocycles. The van der Waals surface area contributed by atoms with Crippen LogP contribution in [0.3, 0.4) is 0 Å². The van der Waals surface area contributed by atoms with E-state index in [0.29, 0.717) is 24.7 Å². The molecule has 0 radical (unpaired) electrons. The van der Waals surface area contributed by atoms with E-state index in [2.05, 4.69) is 17.0 Å². The molecule has 0 amide bonds. The molecule has 5 nitrogen and oxygen atoms in total. The van der Waals surface area contributed by atoms with Crippen molar-refractivity contribution in [1.82, 2.24) is 10.0 Å². The predicted molar refractivity (Wildman–Crippen MR) is 78.2 cm³/mol. The molecule has 0 bridgehead atoms. The molecule has 1 aliphatic rings. The third kappa shape index (κ3) is 4.28. The summed E-state index contributed by atoms with van der Waals surface area (Å²) in [6.07, 6.45) is 2.02. The van der Waals surface area contributed by atoms with Gasteiger partial charge < -0.3 is 10.1 Å². The minimum atomic E-state index is -3.44. The van der Waals surface area contributed by atoms with E-state index in [-0.39, 0.29) is 6.04 Å². The Hall–Kier alpha value is -0.950. The number of aryl methyl sites for hydroxylation is 1. The number of sulfonamides is 1. The number of morpholine rings is 1. The van der Waals surface area contributed by atoms with Crippen molar-refractivity contribution in [2.24, 2.45) is 0 Å². The maximum Gasteiger partial charge on any atom is 0.240 e. The van der Waals surface area contributed by atoms with Crippen molar-refractivity contribution in [2.45, 2.75) is 30.7 Å². The summed E-state index contributed by atoms with van der Waals surface area (Å²) in [7, 11) is -3.44. The zero-order valence-electron chi connectivity index (χ0n) is 11.8.